The fraction of sp³-hybridized carbons (Fsp3) is 0.455. The second-order valence-electron chi connectivity index (χ2n) is 12.2. The van der Waals surface area contributed by atoms with E-state index in [1.54, 1.807) is 57.2 Å². The van der Waals surface area contributed by atoms with Crippen molar-refractivity contribution in [1.82, 2.24) is 20.2 Å². The number of rotatable bonds is 9. The molecule has 3 aromatic rings. The van der Waals surface area contributed by atoms with E-state index in [2.05, 4.69) is 15.3 Å². The summed E-state index contributed by atoms with van der Waals surface area (Å²) in [5, 5.41) is 3.13. The Morgan fingerprint density at radius 1 is 1.07 bits per heavy atom. The number of anilines is 1. The quantitative estimate of drug-likeness (QED) is 0.263. The van der Waals surface area contributed by atoms with Crippen LogP contribution in [-0.4, -0.2) is 65.8 Å². The standard InChI is InChI=1S/C33H39F4N5O4/c1-6-45-29-24(8-7-16-38-29)26-11-9-23(21-39-26)32(40-28(43)13-17-41(5)30(44)46-31(2,3)4)14-18-42(19-15-32)27-12-10-22(20-25(27)34)33(35,36)37/h7-12,16,20-21H,6,13-15,17-19H2,1-5H3,(H,40,43). The van der Waals surface area contributed by atoms with E-state index in [0.717, 1.165) is 12.1 Å². The molecule has 1 aromatic carbocycles. The van der Waals surface area contributed by atoms with Gasteiger partial charge >= 0.3 is 12.3 Å². The third kappa shape index (κ3) is 8.43. The second-order valence-corrected chi connectivity index (χ2v) is 12.2. The van der Waals surface area contributed by atoms with Gasteiger partial charge in [0.15, 0.2) is 0 Å². The van der Waals surface area contributed by atoms with E-state index in [1.165, 1.54) is 4.90 Å². The minimum absolute atomic E-state index is 0.00630. The molecule has 0 atom stereocenters. The third-order valence-electron chi connectivity index (χ3n) is 7.64. The number of pyridine rings is 2. The zero-order chi connectivity index (χ0) is 33.7. The van der Waals surface area contributed by atoms with Crippen LogP contribution in [0.15, 0.2) is 54.9 Å². The van der Waals surface area contributed by atoms with Gasteiger partial charge in [-0.15, -0.1) is 0 Å². The summed E-state index contributed by atoms with van der Waals surface area (Å²) in [5.74, 6) is -0.849. The Morgan fingerprint density at radius 3 is 2.37 bits per heavy atom. The molecule has 2 aromatic heterocycles. The van der Waals surface area contributed by atoms with Crippen LogP contribution in [0.1, 0.15) is 58.1 Å². The zero-order valence-electron chi connectivity index (χ0n) is 26.6. The largest absolute Gasteiger partial charge is 0.477 e. The number of carbonyl (C=O) groups is 2. The van der Waals surface area contributed by atoms with Gasteiger partial charge in [0.25, 0.3) is 0 Å². The van der Waals surface area contributed by atoms with Gasteiger partial charge in [-0.05, 0) is 82.5 Å². The predicted octanol–water partition coefficient (Wildman–Crippen LogP) is 6.57. The van der Waals surface area contributed by atoms with Crippen molar-refractivity contribution in [3.8, 4) is 17.1 Å². The average Bonchev–Trinajstić information content (AvgIpc) is 2.99. The lowest BCUT2D eigenvalue weighted by molar-refractivity contribution is -0.137. The monoisotopic (exact) mass is 645 g/mol. The van der Waals surface area contributed by atoms with Crippen molar-refractivity contribution in [2.45, 2.75) is 64.3 Å². The van der Waals surface area contributed by atoms with Crippen molar-refractivity contribution in [3.63, 3.8) is 0 Å². The van der Waals surface area contributed by atoms with Gasteiger partial charge in [-0.25, -0.2) is 14.2 Å². The number of alkyl halides is 3. The summed E-state index contributed by atoms with van der Waals surface area (Å²) in [7, 11) is 1.55. The molecule has 4 rings (SSSR count). The zero-order valence-corrected chi connectivity index (χ0v) is 26.6. The van der Waals surface area contributed by atoms with Crippen LogP contribution in [-0.2, 0) is 21.2 Å². The van der Waals surface area contributed by atoms with Gasteiger partial charge in [0.2, 0.25) is 11.8 Å². The molecule has 0 spiro atoms. The Kier molecular flexibility index (Phi) is 10.4. The molecule has 1 fully saturated rings. The van der Waals surface area contributed by atoms with Gasteiger partial charge in [-0.3, -0.25) is 9.78 Å². The summed E-state index contributed by atoms with van der Waals surface area (Å²) in [5.41, 5.74) is -0.576. The maximum Gasteiger partial charge on any atom is 0.416 e. The number of aromatic nitrogens is 2. The van der Waals surface area contributed by atoms with Gasteiger partial charge in [0, 0.05) is 45.5 Å². The van der Waals surface area contributed by atoms with Crippen molar-refractivity contribution < 1.29 is 36.6 Å². The van der Waals surface area contributed by atoms with Crippen molar-refractivity contribution in [3.05, 3.63) is 71.8 Å². The van der Waals surface area contributed by atoms with Gasteiger partial charge in [0.1, 0.15) is 11.4 Å². The van der Waals surface area contributed by atoms with Gasteiger partial charge in [-0.2, -0.15) is 13.2 Å². The first kappa shape index (κ1) is 34.5. The summed E-state index contributed by atoms with van der Waals surface area (Å²) in [4.78, 5) is 37.6. The molecule has 1 saturated heterocycles. The second kappa shape index (κ2) is 13.9. The summed E-state index contributed by atoms with van der Waals surface area (Å²) < 4.78 is 65.2. The Bertz CT molecular complexity index is 1520. The molecule has 1 N–H and O–H groups in total. The Balaban J connectivity index is 1.56. The van der Waals surface area contributed by atoms with Crippen LogP contribution < -0.4 is 15.0 Å². The lowest BCUT2D eigenvalue weighted by Crippen LogP contribution is -2.53. The van der Waals surface area contributed by atoms with Crippen LogP contribution >= 0.6 is 0 Å². The highest BCUT2D eigenvalue weighted by Crippen LogP contribution is 2.38. The molecule has 0 aliphatic carbocycles. The maximum absolute atomic E-state index is 14.8. The Labute approximate surface area is 265 Å². The number of nitrogens with one attached hydrogen (secondary N) is 1. The van der Waals surface area contributed by atoms with Crippen LogP contribution in [0.3, 0.4) is 0 Å². The molecule has 46 heavy (non-hydrogen) atoms. The smallest absolute Gasteiger partial charge is 0.416 e. The van der Waals surface area contributed by atoms with Gasteiger partial charge < -0.3 is 24.6 Å². The van der Waals surface area contributed by atoms with Crippen molar-refractivity contribution in [2.75, 3.05) is 38.2 Å². The third-order valence-corrected chi connectivity index (χ3v) is 7.64. The summed E-state index contributed by atoms with van der Waals surface area (Å²) >= 11 is 0. The van der Waals surface area contributed by atoms with Crippen molar-refractivity contribution in [1.29, 1.82) is 0 Å². The van der Waals surface area contributed by atoms with Crippen LogP contribution in [0.2, 0.25) is 0 Å². The van der Waals surface area contributed by atoms with E-state index in [0.29, 0.717) is 48.2 Å². The molecule has 1 aliphatic heterocycles. The molecule has 9 nitrogen and oxygen atoms in total. The molecule has 13 heteroatoms. The van der Waals surface area contributed by atoms with E-state index in [9.17, 15) is 27.2 Å². The van der Waals surface area contributed by atoms with Crippen LogP contribution in [0.4, 0.5) is 28.0 Å². The Hall–Kier alpha value is -4.42. The van der Waals surface area contributed by atoms with E-state index in [1.807, 2.05) is 19.1 Å². The number of benzene rings is 1. The number of piperidine rings is 1. The number of halogens is 4. The highest BCUT2D eigenvalue weighted by Gasteiger charge is 2.39. The fourth-order valence-corrected chi connectivity index (χ4v) is 5.26. The minimum atomic E-state index is -4.66. The number of ether oxygens (including phenoxy) is 2. The van der Waals surface area contributed by atoms with E-state index in [-0.39, 0.29) is 37.6 Å². The van der Waals surface area contributed by atoms with Crippen LogP contribution in [0, 0.1) is 5.82 Å². The maximum atomic E-state index is 14.8. The number of hydrogen-bond acceptors (Lipinski definition) is 7. The molecule has 0 saturated carbocycles. The normalized spacial score (nSPS) is 14.8. The van der Waals surface area contributed by atoms with Crippen molar-refractivity contribution >= 4 is 17.7 Å². The summed E-state index contributed by atoms with van der Waals surface area (Å²) in [6.45, 7) is 8.15. The molecule has 248 valence electrons. The van der Waals surface area contributed by atoms with E-state index >= 15 is 0 Å². The van der Waals surface area contributed by atoms with E-state index in [4.69, 9.17) is 9.47 Å². The first-order valence-electron chi connectivity index (χ1n) is 15.0. The number of nitrogens with zero attached hydrogens (tertiary/aromatic N) is 4. The summed E-state index contributed by atoms with van der Waals surface area (Å²) in [6.07, 6.45) is -1.29. The van der Waals surface area contributed by atoms with Crippen LogP contribution in [0.5, 0.6) is 5.88 Å². The number of hydrogen-bond donors (Lipinski definition) is 1. The molecule has 3 heterocycles. The number of amides is 2. The molecule has 0 unspecified atom stereocenters. The SMILES string of the molecule is CCOc1ncccc1-c1ccc(C2(NC(=O)CCN(C)C(=O)OC(C)(C)C)CCN(c3ccc(C(F)(F)F)cc3F)CC2)cn1. The van der Waals surface area contributed by atoms with E-state index < -0.39 is 34.8 Å². The molecule has 0 bridgehead atoms. The molecule has 0 radical (unpaired) electrons. The average molecular weight is 646 g/mol. The first-order chi connectivity index (χ1) is 21.6. The highest BCUT2D eigenvalue weighted by molar-refractivity contribution is 5.78. The first-order valence-corrected chi connectivity index (χ1v) is 15.0. The van der Waals surface area contributed by atoms with Gasteiger partial charge in [0.05, 0.1) is 34.7 Å². The Morgan fingerprint density at radius 2 is 1.78 bits per heavy atom. The molecule has 1 aliphatic rings. The van der Waals surface area contributed by atoms with Crippen molar-refractivity contribution in [2.24, 2.45) is 0 Å². The van der Waals surface area contributed by atoms with Crippen LogP contribution in [0.25, 0.3) is 11.3 Å². The fourth-order valence-electron chi connectivity index (χ4n) is 5.26. The molecular weight excluding hydrogens is 606 g/mol. The molecular formula is C33H39F4N5O4. The number of carbonyl (C=O) groups excluding carboxylic acids is 2. The minimum Gasteiger partial charge on any atom is -0.477 e. The highest BCUT2D eigenvalue weighted by atomic mass is 19.4. The van der Waals surface area contributed by atoms with Gasteiger partial charge in [-0.1, -0.05) is 6.07 Å². The lowest BCUT2D eigenvalue weighted by Gasteiger charge is -2.43. The summed E-state index contributed by atoms with van der Waals surface area (Å²) in [6, 6.07) is 9.78. The lowest BCUT2D eigenvalue weighted by atomic mass is 9.81. The topological polar surface area (TPSA) is 96.9 Å². The predicted molar refractivity (Wildman–Crippen MR) is 165 cm³/mol. The molecule has 2 amide bonds.